The summed E-state index contributed by atoms with van der Waals surface area (Å²) in [6, 6.07) is 8.39. The molecule has 1 saturated carbocycles. The molecule has 1 aliphatic heterocycles. The lowest BCUT2D eigenvalue weighted by Gasteiger charge is -2.19. The second-order valence-corrected chi connectivity index (χ2v) is 6.81. The van der Waals surface area contributed by atoms with Crippen LogP contribution in [0.15, 0.2) is 24.3 Å². The van der Waals surface area contributed by atoms with Crippen molar-refractivity contribution < 1.29 is 4.79 Å². The van der Waals surface area contributed by atoms with Crippen molar-refractivity contribution in [3.63, 3.8) is 0 Å². The van der Waals surface area contributed by atoms with Crippen molar-refractivity contribution in [2.24, 2.45) is 11.8 Å². The Morgan fingerprint density at radius 1 is 1.16 bits per heavy atom. The van der Waals surface area contributed by atoms with Gasteiger partial charge < -0.3 is 10.6 Å². The quantitative estimate of drug-likeness (QED) is 0.851. The molecule has 2 N–H and O–H groups in total. The van der Waals surface area contributed by atoms with Crippen molar-refractivity contribution in [2.75, 3.05) is 13.1 Å². The first-order chi connectivity index (χ1) is 8.97. The van der Waals surface area contributed by atoms with Gasteiger partial charge >= 0.3 is 0 Å². The second kappa shape index (κ2) is 4.34. The molecule has 0 spiro atoms. The fraction of sp³-hybridized carbons (Fsp3) is 0.562. The van der Waals surface area contributed by atoms with Crippen molar-refractivity contribution in [3.05, 3.63) is 35.4 Å². The summed E-state index contributed by atoms with van der Waals surface area (Å²) < 4.78 is 0. The summed E-state index contributed by atoms with van der Waals surface area (Å²) in [5.74, 6) is 1.40. The summed E-state index contributed by atoms with van der Waals surface area (Å²) in [5, 5.41) is 6.49. The minimum atomic E-state index is 0.0693. The lowest BCUT2D eigenvalue weighted by Crippen LogP contribution is -2.32. The lowest BCUT2D eigenvalue weighted by molar-refractivity contribution is 0.0946. The van der Waals surface area contributed by atoms with E-state index in [1.807, 2.05) is 12.1 Å². The molecule has 0 radical (unpaired) electrons. The Kier molecular flexibility index (Phi) is 2.90. The maximum absolute atomic E-state index is 12.2. The molecule has 1 saturated heterocycles. The van der Waals surface area contributed by atoms with Gasteiger partial charge in [-0.05, 0) is 34.9 Å². The van der Waals surface area contributed by atoms with Crippen LogP contribution in [0.3, 0.4) is 0 Å². The van der Waals surface area contributed by atoms with Crippen LogP contribution in [0.1, 0.15) is 36.7 Å². The molecule has 3 atom stereocenters. The number of carbonyl (C=O) groups excluding carboxylic acids is 1. The average molecular weight is 258 g/mol. The van der Waals surface area contributed by atoms with E-state index in [1.54, 1.807) is 0 Å². The summed E-state index contributed by atoms with van der Waals surface area (Å²) >= 11 is 0. The Hall–Kier alpha value is -1.35. The van der Waals surface area contributed by atoms with E-state index < -0.39 is 0 Å². The second-order valence-electron chi connectivity index (χ2n) is 6.81. The van der Waals surface area contributed by atoms with Crippen LogP contribution in [0.4, 0.5) is 0 Å². The van der Waals surface area contributed by atoms with Crippen LogP contribution in [0.2, 0.25) is 0 Å². The SMILES string of the molecule is CC(C)(C)c1ccc(C(=O)N[C@H]2[C@@H]3CNC[C@@H]32)cc1. The number of hydrogen-bond donors (Lipinski definition) is 2. The minimum absolute atomic E-state index is 0.0693. The fourth-order valence-corrected chi connectivity index (χ4v) is 2.99. The maximum Gasteiger partial charge on any atom is 0.251 e. The Balaban J connectivity index is 1.64. The van der Waals surface area contributed by atoms with Crippen LogP contribution in [0.25, 0.3) is 0 Å². The van der Waals surface area contributed by atoms with Gasteiger partial charge in [-0.1, -0.05) is 32.9 Å². The predicted octanol–water partition coefficient (Wildman–Crippen LogP) is 1.93. The van der Waals surface area contributed by atoms with Gasteiger partial charge in [0.15, 0.2) is 0 Å². The number of rotatable bonds is 2. The van der Waals surface area contributed by atoms with Gasteiger partial charge in [-0.25, -0.2) is 0 Å². The number of piperidine rings is 1. The Morgan fingerprint density at radius 2 is 1.74 bits per heavy atom. The molecule has 0 bridgehead atoms. The molecule has 2 aliphatic rings. The lowest BCUT2D eigenvalue weighted by atomic mass is 9.87. The molecule has 3 heteroatoms. The summed E-state index contributed by atoms with van der Waals surface area (Å²) in [6.07, 6.45) is 0. The zero-order valence-corrected chi connectivity index (χ0v) is 11.9. The summed E-state index contributed by atoms with van der Waals surface area (Å²) in [4.78, 5) is 12.2. The van der Waals surface area contributed by atoms with Gasteiger partial charge in [0.2, 0.25) is 0 Å². The van der Waals surface area contributed by atoms with Crippen molar-refractivity contribution in [1.82, 2.24) is 10.6 Å². The number of carbonyl (C=O) groups is 1. The van der Waals surface area contributed by atoms with E-state index in [0.717, 1.165) is 18.7 Å². The van der Waals surface area contributed by atoms with Crippen molar-refractivity contribution in [2.45, 2.75) is 32.2 Å². The van der Waals surface area contributed by atoms with Gasteiger partial charge in [0.25, 0.3) is 5.91 Å². The highest BCUT2D eigenvalue weighted by atomic mass is 16.1. The van der Waals surface area contributed by atoms with E-state index in [1.165, 1.54) is 5.56 Å². The highest BCUT2D eigenvalue weighted by Crippen LogP contribution is 2.41. The molecule has 1 heterocycles. The molecule has 2 fully saturated rings. The van der Waals surface area contributed by atoms with Gasteiger partial charge in [0, 0.05) is 24.7 Å². The third kappa shape index (κ3) is 2.39. The maximum atomic E-state index is 12.2. The molecule has 3 rings (SSSR count). The van der Waals surface area contributed by atoms with Gasteiger partial charge in [-0.2, -0.15) is 0 Å². The monoisotopic (exact) mass is 258 g/mol. The van der Waals surface area contributed by atoms with Gasteiger partial charge in [0.05, 0.1) is 0 Å². The molecular formula is C16H22N2O. The molecule has 1 aromatic carbocycles. The van der Waals surface area contributed by atoms with Gasteiger partial charge in [0.1, 0.15) is 0 Å². The molecule has 0 unspecified atom stereocenters. The number of hydrogen-bond acceptors (Lipinski definition) is 2. The molecule has 0 aromatic heterocycles. The summed E-state index contributed by atoms with van der Waals surface area (Å²) in [6.45, 7) is 8.65. The Bertz CT molecular complexity index is 476. The molecule has 102 valence electrons. The Labute approximate surface area is 114 Å². The third-order valence-corrected chi connectivity index (χ3v) is 4.40. The van der Waals surface area contributed by atoms with E-state index in [-0.39, 0.29) is 11.3 Å². The summed E-state index contributed by atoms with van der Waals surface area (Å²) in [7, 11) is 0. The first-order valence-corrected chi connectivity index (χ1v) is 7.09. The highest BCUT2D eigenvalue weighted by Gasteiger charge is 2.53. The van der Waals surface area contributed by atoms with Crippen molar-refractivity contribution in [1.29, 1.82) is 0 Å². The molecule has 1 aliphatic carbocycles. The van der Waals surface area contributed by atoms with E-state index in [9.17, 15) is 4.79 Å². The smallest absolute Gasteiger partial charge is 0.251 e. The van der Waals surface area contributed by atoms with Crippen molar-refractivity contribution >= 4 is 5.91 Å². The summed E-state index contributed by atoms with van der Waals surface area (Å²) in [5.41, 5.74) is 2.16. The number of fused-ring (bicyclic) bond motifs is 1. The van der Waals surface area contributed by atoms with E-state index in [0.29, 0.717) is 17.9 Å². The number of nitrogens with one attached hydrogen (secondary N) is 2. The number of amides is 1. The molecule has 1 aromatic rings. The van der Waals surface area contributed by atoms with E-state index >= 15 is 0 Å². The zero-order valence-electron chi connectivity index (χ0n) is 11.9. The number of benzene rings is 1. The molecule has 3 nitrogen and oxygen atoms in total. The molecule has 1 amide bonds. The van der Waals surface area contributed by atoms with Crippen LogP contribution in [0, 0.1) is 11.8 Å². The molecule has 19 heavy (non-hydrogen) atoms. The molecular weight excluding hydrogens is 236 g/mol. The topological polar surface area (TPSA) is 41.1 Å². The first-order valence-electron chi connectivity index (χ1n) is 7.09. The first kappa shape index (κ1) is 12.7. The average Bonchev–Trinajstić information content (AvgIpc) is 2.81. The van der Waals surface area contributed by atoms with Crippen LogP contribution in [0.5, 0.6) is 0 Å². The van der Waals surface area contributed by atoms with Crippen molar-refractivity contribution in [3.8, 4) is 0 Å². The van der Waals surface area contributed by atoms with Crippen LogP contribution in [-0.4, -0.2) is 25.0 Å². The normalized spacial score (nSPS) is 28.9. The Morgan fingerprint density at radius 3 is 2.26 bits per heavy atom. The minimum Gasteiger partial charge on any atom is -0.349 e. The largest absolute Gasteiger partial charge is 0.349 e. The van der Waals surface area contributed by atoms with Crippen LogP contribution in [-0.2, 0) is 5.41 Å². The third-order valence-electron chi connectivity index (χ3n) is 4.40. The van der Waals surface area contributed by atoms with Gasteiger partial charge in [-0.3, -0.25) is 4.79 Å². The standard InChI is InChI=1S/C16H22N2O/c1-16(2,3)11-6-4-10(5-7-11)15(19)18-14-12-8-17-9-13(12)14/h4-7,12-14,17H,8-9H2,1-3H3,(H,18,19)/t12-,13+,14+. The van der Waals surface area contributed by atoms with E-state index in [4.69, 9.17) is 0 Å². The van der Waals surface area contributed by atoms with Gasteiger partial charge in [-0.15, -0.1) is 0 Å². The zero-order chi connectivity index (χ0) is 13.6. The van der Waals surface area contributed by atoms with E-state index in [2.05, 4.69) is 43.5 Å². The highest BCUT2D eigenvalue weighted by molar-refractivity contribution is 5.94. The van der Waals surface area contributed by atoms with Crippen LogP contribution >= 0.6 is 0 Å². The van der Waals surface area contributed by atoms with Crippen LogP contribution < -0.4 is 10.6 Å². The predicted molar refractivity (Wildman–Crippen MR) is 76.2 cm³/mol. The fourth-order valence-electron chi connectivity index (χ4n) is 2.99.